The van der Waals surface area contributed by atoms with Crippen LogP contribution in [-0.4, -0.2) is 12.9 Å². The molecule has 1 aliphatic carbocycles. The molecule has 2 nitrogen and oxygen atoms in total. The largest absolute Gasteiger partial charge is 0.497 e. The normalized spacial score (nSPS) is 15.0. The number of carbonyl (C=O) groups excluding carboxylic acids is 1. The second kappa shape index (κ2) is 4.47. The summed E-state index contributed by atoms with van der Waals surface area (Å²) >= 11 is 0. The lowest BCUT2D eigenvalue weighted by atomic mass is 10.1. The minimum Gasteiger partial charge on any atom is -0.497 e. The van der Waals surface area contributed by atoms with Gasteiger partial charge in [-0.25, -0.2) is 0 Å². The van der Waals surface area contributed by atoms with Gasteiger partial charge in [-0.3, -0.25) is 4.79 Å². The zero-order chi connectivity index (χ0) is 10.7. The third-order valence-electron chi connectivity index (χ3n) is 2.77. The monoisotopic (exact) mass is 204 g/mol. The first-order valence-electron chi connectivity index (χ1n) is 5.42. The van der Waals surface area contributed by atoms with Gasteiger partial charge in [-0.15, -0.1) is 0 Å². The van der Waals surface area contributed by atoms with E-state index in [0.29, 0.717) is 18.1 Å². The Labute approximate surface area is 90.3 Å². The van der Waals surface area contributed by atoms with E-state index in [4.69, 9.17) is 4.74 Å². The van der Waals surface area contributed by atoms with Crippen LogP contribution in [-0.2, 0) is 11.2 Å². The van der Waals surface area contributed by atoms with Gasteiger partial charge in [0, 0.05) is 12.8 Å². The van der Waals surface area contributed by atoms with E-state index in [9.17, 15) is 4.79 Å². The van der Waals surface area contributed by atoms with Crippen LogP contribution >= 0.6 is 0 Å². The van der Waals surface area contributed by atoms with Gasteiger partial charge in [-0.2, -0.15) is 0 Å². The number of benzene rings is 1. The summed E-state index contributed by atoms with van der Waals surface area (Å²) in [6, 6.07) is 7.73. The molecule has 80 valence electrons. The third kappa shape index (κ3) is 3.08. The SMILES string of the molecule is COc1ccc(CC(=O)CC2CC2)cc1. The number of carbonyl (C=O) groups is 1. The predicted molar refractivity (Wildman–Crippen MR) is 59.0 cm³/mol. The zero-order valence-electron chi connectivity index (χ0n) is 9.03. The number of Topliss-reactive ketones (excluding diaryl/α,β-unsaturated/α-hetero) is 1. The molecule has 2 rings (SSSR count). The Balaban J connectivity index is 1.88. The van der Waals surface area contributed by atoms with Crippen LogP contribution in [0.5, 0.6) is 5.75 Å². The summed E-state index contributed by atoms with van der Waals surface area (Å²) in [5, 5.41) is 0. The topological polar surface area (TPSA) is 26.3 Å². The second-order valence-electron chi connectivity index (χ2n) is 4.21. The number of ether oxygens (including phenoxy) is 1. The Morgan fingerprint density at radius 2 is 2.00 bits per heavy atom. The van der Waals surface area contributed by atoms with E-state index in [1.54, 1.807) is 7.11 Å². The number of methoxy groups -OCH3 is 1. The van der Waals surface area contributed by atoms with Gasteiger partial charge in [-0.05, 0) is 36.5 Å². The number of ketones is 1. The number of hydrogen-bond acceptors (Lipinski definition) is 2. The van der Waals surface area contributed by atoms with Crippen molar-refractivity contribution in [2.45, 2.75) is 25.7 Å². The van der Waals surface area contributed by atoms with E-state index in [2.05, 4.69) is 0 Å². The predicted octanol–water partition coefficient (Wildman–Crippen LogP) is 2.61. The van der Waals surface area contributed by atoms with E-state index >= 15 is 0 Å². The maximum atomic E-state index is 11.6. The molecule has 1 fully saturated rings. The van der Waals surface area contributed by atoms with E-state index in [1.807, 2.05) is 24.3 Å². The van der Waals surface area contributed by atoms with Crippen molar-refractivity contribution in [2.75, 3.05) is 7.11 Å². The van der Waals surface area contributed by atoms with Gasteiger partial charge in [0.1, 0.15) is 11.5 Å². The molecule has 0 unspecified atom stereocenters. The summed E-state index contributed by atoms with van der Waals surface area (Å²) in [6.45, 7) is 0. The third-order valence-corrected chi connectivity index (χ3v) is 2.77. The Kier molecular flexibility index (Phi) is 3.05. The van der Waals surface area contributed by atoms with Gasteiger partial charge in [0.15, 0.2) is 0 Å². The molecule has 0 spiro atoms. The lowest BCUT2D eigenvalue weighted by molar-refractivity contribution is -0.118. The molecule has 0 bridgehead atoms. The van der Waals surface area contributed by atoms with Crippen LogP contribution in [0, 0.1) is 5.92 Å². The fourth-order valence-corrected chi connectivity index (χ4v) is 1.69. The Morgan fingerprint density at radius 1 is 1.33 bits per heavy atom. The molecular weight excluding hydrogens is 188 g/mol. The molecule has 0 atom stereocenters. The zero-order valence-corrected chi connectivity index (χ0v) is 9.03. The average molecular weight is 204 g/mol. The molecule has 0 N–H and O–H groups in total. The van der Waals surface area contributed by atoms with Crippen LogP contribution in [0.25, 0.3) is 0 Å². The minimum atomic E-state index is 0.364. The van der Waals surface area contributed by atoms with E-state index in [1.165, 1.54) is 12.8 Å². The van der Waals surface area contributed by atoms with E-state index in [-0.39, 0.29) is 0 Å². The first-order chi connectivity index (χ1) is 7.28. The lowest BCUT2D eigenvalue weighted by Crippen LogP contribution is -2.03. The molecule has 2 heteroatoms. The molecule has 0 heterocycles. The maximum Gasteiger partial charge on any atom is 0.137 e. The van der Waals surface area contributed by atoms with E-state index < -0.39 is 0 Å². The van der Waals surface area contributed by atoms with Crippen molar-refractivity contribution in [3.63, 3.8) is 0 Å². The molecule has 0 saturated heterocycles. The smallest absolute Gasteiger partial charge is 0.137 e. The molecule has 1 saturated carbocycles. The van der Waals surface area contributed by atoms with Crippen molar-refractivity contribution < 1.29 is 9.53 Å². The highest BCUT2D eigenvalue weighted by Gasteiger charge is 2.24. The quantitative estimate of drug-likeness (QED) is 0.737. The fourth-order valence-electron chi connectivity index (χ4n) is 1.69. The first kappa shape index (κ1) is 10.2. The minimum absolute atomic E-state index is 0.364. The summed E-state index contributed by atoms with van der Waals surface area (Å²) < 4.78 is 5.06. The van der Waals surface area contributed by atoms with Crippen molar-refractivity contribution in [3.05, 3.63) is 29.8 Å². The van der Waals surface area contributed by atoms with Gasteiger partial charge in [-0.1, -0.05) is 12.1 Å². The summed E-state index contributed by atoms with van der Waals surface area (Å²) in [4.78, 5) is 11.6. The summed E-state index contributed by atoms with van der Waals surface area (Å²) in [5.74, 6) is 1.90. The Morgan fingerprint density at radius 3 is 2.53 bits per heavy atom. The Bertz CT molecular complexity index is 336. The van der Waals surface area contributed by atoms with E-state index in [0.717, 1.165) is 17.7 Å². The molecule has 0 aromatic heterocycles. The maximum absolute atomic E-state index is 11.6. The molecule has 0 amide bonds. The van der Waals surface area contributed by atoms with Crippen LogP contribution in [0.15, 0.2) is 24.3 Å². The average Bonchev–Trinajstić information content (AvgIpc) is 3.03. The van der Waals surface area contributed by atoms with Gasteiger partial charge < -0.3 is 4.74 Å². The molecular formula is C13H16O2. The highest BCUT2D eigenvalue weighted by Crippen LogP contribution is 2.32. The van der Waals surface area contributed by atoms with Gasteiger partial charge in [0.2, 0.25) is 0 Å². The first-order valence-corrected chi connectivity index (χ1v) is 5.42. The highest BCUT2D eigenvalue weighted by atomic mass is 16.5. The van der Waals surface area contributed by atoms with Crippen molar-refractivity contribution in [1.82, 2.24) is 0 Å². The summed E-state index contributed by atoms with van der Waals surface area (Å²) in [7, 11) is 1.65. The van der Waals surface area contributed by atoms with Crippen LogP contribution < -0.4 is 4.74 Å². The number of hydrogen-bond donors (Lipinski definition) is 0. The summed E-state index contributed by atoms with van der Waals surface area (Å²) in [6.07, 6.45) is 3.83. The van der Waals surface area contributed by atoms with Crippen molar-refractivity contribution in [3.8, 4) is 5.75 Å². The number of rotatable bonds is 5. The second-order valence-corrected chi connectivity index (χ2v) is 4.21. The lowest BCUT2D eigenvalue weighted by Gasteiger charge is -2.02. The molecule has 0 aliphatic heterocycles. The standard InChI is InChI=1S/C13H16O2/c1-15-13-6-4-11(5-7-13)9-12(14)8-10-2-3-10/h4-7,10H,2-3,8-9H2,1H3. The fraction of sp³-hybridized carbons (Fsp3) is 0.462. The molecule has 1 aromatic rings. The van der Waals surface area contributed by atoms with Crippen LogP contribution in [0.3, 0.4) is 0 Å². The summed E-state index contributed by atoms with van der Waals surface area (Å²) in [5.41, 5.74) is 1.08. The van der Waals surface area contributed by atoms with Crippen LogP contribution in [0.4, 0.5) is 0 Å². The molecule has 0 radical (unpaired) electrons. The van der Waals surface area contributed by atoms with Crippen LogP contribution in [0.2, 0.25) is 0 Å². The van der Waals surface area contributed by atoms with Gasteiger partial charge >= 0.3 is 0 Å². The Hall–Kier alpha value is -1.31. The van der Waals surface area contributed by atoms with Crippen molar-refractivity contribution in [2.24, 2.45) is 5.92 Å². The highest BCUT2D eigenvalue weighted by molar-refractivity contribution is 5.81. The van der Waals surface area contributed by atoms with Crippen LogP contribution in [0.1, 0.15) is 24.8 Å². The van der Waals surface area contributed by atoms with Crippen molar-refractivity contribution in [1.29, 1.82) is 0 Å². The van der Waals surface area contributed by atoms with Gasteiger partial charge in [0.05, 0.1) is 7.11 Å². The van der Waals surface area contributed by atoms with Crippen molar-refractivity contribution >= 4 is 5.78 Å². The molecule has 1 aliphatic rings. The molecule has 15 heavy (non-hydrogen) atoms. The molecule has 1 aromatic carbocycles. The van der Waals surface area contributed by atoms with Gasteiger partial charge in [0.25, 0.3) is 0 Å².